The van der Waals surface area contributed by atoms with Gasteiger partial charge >= 0.3 is 0 Å². The van der Waals surface area contributed by atoms with Gasteiger partial charge in [-0.05, 0) is 30.7 Å². The largest absolute Gasteiger partial charge is 0.399 e. The summed E-state index contributed by atoms with van der Waals surface area (Å²) in [6.07, 6.45) is 15.3. The molecule has 2 unspecified atom stereocenters. The molecular weight excluding hydrogens is 336 g/mol. The van der Waals surface area contributed by atoms with Crippen LogP contribution in [0.15, 0.2) is 24.3 Å². The molecule has 0 bridgehead atoms. The molecule has 0 radical (unpaired) electrons. The van der Waals surface area contributed by atoms with E-state index >= 15 is 0 Å². The summed E-state index contributed by atoms with van der Waals surface area (Å²) in [6, 6.07) is 6.85. The van der Waals surface area contributed by atoms with Crippen LogP contribution in [0.5, 0.6) is 0 Å². The van der Waals surface area contributed by atoms with Gasteiger partial charge in [0.25, 0.3) is 0 Å². The summed E-state index contributed by atoms with van der Waals surface area (Å²) in [4.78, 5) is 0. The van der Waals surface area contributed by atoms with Crippen molar-refractivity contribution in [3.8, 4) is 0 Å². The van der Waals surface area contributed by atoms with E-state index < -0.39 is 6.10 Å². The van der Waals surface area contributed by atoms with Gasteiger partial charge in [0.2, 0.25) is 0 Å². The molecule has 5 N–H and O–H groups in total. The van der Waals surface area contributed by atoms with Gasteiger partial charge in [-0.2, -0.15) is 0 Å². The Labute approximate surface area is 166 Å². The molecule has 4 heteroatoms. The van der Waals surface area contributed by atoms with Crippen molar-refractivity contribution in [3.63, 3.8) is 0 Å². The van der Waals surface area contributed by atoms with E-state index in [9.17, 15) is 10.2 Å². The van der Waals surface area contributed by atoms with Crippen LogP contribution in [0.3, 0.4) is 0 Å². The standard InChI is InChI=1S/C23H42N2O2/c1-2-3-4-5-6-7-8-9-10-11-12-13-18-25-22(19-26)23(27)20-14-16-21(24)17-15-20/h14-17,22-23,25-27H,2-13,18-19,24H2,1H3. The van der Waals surface area contributed by atoms with E-state index in [0.29, 0.717) is 5.69 Å². The molecule has 0 amide bonds. The summed E-state index contributed by atoms with van der Waals surface area (Å²) >= 11 is 0. The van der Waals surface area contributed by atoms with Crippen LogP contribution in [-0.2, 0) is 0 Å². The average molecular weight is 379 g/mol. The van der Waals surface area contributed by atoms with Gasteiger partial charge in [0, 0.05) is 5.69 Å². The summed E-state index contributed by atoms with van der Waals surface area (Å²) in [5, 5.41) is 23.2. The van der Waals surface area contributed by atoms with Gasteiger partial charge in [-0.15, -0.1) is 0 Å². The molecule has 1 rings (SSSR count). The van der Waals surface area contributed by atoms with Crippen molar-refractivity contribution in [2.45, 2.75) is 96.1 Å². The lowest BCUT2D eigenvalue weighted by Crippen LogP contribution is -2.38. The van der Waals surface area contributed by atoms with Gasteiger partial charge in [-0.1, -0.05) is 89.7 Å². The van der Waals surface area contributed by atoms with Gasteiger partial charge in [0.1, 0.15) is 0 Å². The lowest BCUT2D eigenvalue weighted by molar-refractivity contribution is 0.0899. The van der Waals surface area contributed by atoms with Crippen molar-refractivity contribution < 1.29 is 10.2 Å². The van der Waals surface area contributed by atoms with Crippen LogP contribution >= 0.6 is 0 Å². The van der Waals surface area contributed by atoms with E-state index in [2.05, 4.69) is 12.2 Å². The highest BCUT2D eigenvalue weighted by Crippen LogP contribution is 2.18. The monoisotopic (exact) mass is 378 g/mol. The summed E-state index contributed by atoms with van der Waals surface area (Å²) < 4.78 is 0. The normalized spacial score (nSPS) is 13.6. The van der Waals surface area contributed by atoms with Gasteiger partial charge in [-0.25, -0.2) is 0 Å². The third kappa shape index (κ3) is 11.4. The van der Waals surface area contributed by atoms with Crippen molar-refractivity contribution in [2.24, 2.45) is 0 Å². The molecule has 2 atom stereocenters. The van der Waals surface area contributed by atoms with Crippen LogP contribution in [0.25, 0.3) is 0 Å². The highest BCUT2D eigenvalue weighted by Gasteiger charge is 2.19. The number of aliphatic hydroxyl groups excluding tert-OH is 2. The number of nitrogens with one attached hydrogen (secondary N) is 1. The quantitative estimate of drug-likeness (QED) is 0.228. The third-order valence-electron chi connectivity index (χ3n) is 5.29. The zero-order valence-corrected chi connectivity index (χ0v) is 17.3. The minimum atomic E-state index is -0.715. The van der Waals surface area contributed by atoms with Gasteiger partial charge in [0.15, 0.2) is 0 Å². The van der Waals surface area contributed by atoms with E-state index in [4.69, 9.17) is 5.73 Å². The molecular formula is C23H42N2O2. The second kappa shape index (κ2) is 15.9. The maximum absolute atomic E-state index is 10.4. The molecule has 0 fully saturated rings. The number of unbranched alkanes of at least 4 members (excludes halogenated alkanes) is 11. The first-order valence-corrected chi connectivity index (χ1v) is 11.1. The fourth-order valence-electron chi connectivity index (χ4n) is 3.45. The van der Waals surface area contributed by atoms with E-state index in [1.165, 1.54) is 70.6 Å². The van der Waals surface area contributed by atoms with E-state index in [-0.39, 0.29) is 12.6 Å². The van der Waals surface area contributed by atoms with Crippen LogP contribution in [-0.4, -0.2) is 29.4 Å². The van der Waals surface area contributed by atoms with Crippen molar-refractivity contribution >= 4 is 5.69 Å². The van der Waals surface area contributed by atoms with Crippen molar-refractivity contribution in [1.29, 1.82) is 0 Å². The second-order valence-corrected chi connectivity index (χ2v) is 7.74. The molecule has 0 aromatic heterocycles. The molecule has 0 aliphatic carbocycles. The molecule has 4 nitrogen and oxygen atoms in total. The van der Waals surface area contributed by atoms with Crippen molar-refractivity contribution in [1.82, 2.24) is 5.32 Å². The van der Waals surface area contributed by atoms with Crippen LogP contribution in [0.1, 0.15) is 95.6 Å². The lowest BCUT2D eigenvalue weighted by atomic mass is 10.0. The molecule has 0 heterocycles. The van der Waals surface area contributed by atoms with Gasteiger partial charge in [0.05, 0.1) is 18.8 Å². The number of hydrogen-bond donors (Lipinski definition) is 4. The number of aliphatic hydroxyl groups is 2. The highest BCUT2D eigenvalue weighted by molar-refractivity contribution is 5.40. The summed E-state index contributed by atoms with van der Waals surface area (Å²) in [6.45, 7) is 3.01. The number of anilines is 1. The molecule has 1 aromatic rings. The third-order valence-corrected chi connectivity index (χ3v) is 5.29. The Morgan fingerprint density at radius 2 is 1.30 bits per heavy atom. The number of benzene rings is 1. The predicted molar refractivity (Wildman–Crippen MR) is 116 cm³/mol. The molecule has 0 aliphatic rings. The van der Waals surface area contributed by atoms with Gasteiger partial charge in [-0.3, -0.25) is 0 Å². The Hall–Kier alpha value is -1.10. The van der Waals surface area contributed by atoms with Gasteiger partial charge < -0.3 is 21.3 Å². The smallest absolute Gasteiger partial charge is 0.0965 e. The fraction of sp³-hybridized carbons (Fsp3) is 0.739. The van der Waals surface area contributed by atoms with Crippen molar-refractivity contribution in [2.75, 3.05) is 18.9 Å². The fourth-order valence-corrected chi connectivity index (χ4v) is 3.45. The minimum absolute atomic E-state index is 0.0796. The summed E-state index contributed by atoms with van der Waals surface area (Å²) in [5.74, 6) is 0. The van der Waals surface area contributed by atoms with Crippen LogP contribution in [0.2, 0.25) is 0 Å². The van der Waals surface area contributed by atoms with Crippen molar-refractivity contribution in [3.05, 3.63) is 29.8 Å². The molecule has 0 saturated heterocycles. The average Bonchev–Trinajstić information content (AvgIpc) is 2.68. The molecule has 0 spiro atoms. The maximum atomic E-state index is 10.4. The SMILES string of the molecule is CCCCCCCCCCCCCCNC(CO)C(O)c1ccc(N)cc1. The lowest BCUT2D eigenvalue weighted by Gasteiger charge is -2.22. The summed E-state index contributed by atoms with van der Waals surface area (Å²) in [7, 11) is 0. The predicted octanol–water partition coefficient (Wildman–Crippen LogP) is 4.95. The zero-order chi connectivity index (χ0) is 19.7. The second-order valence-electron chi connectivity index (χ2n) is 7.74. The maximum Gasteiger partial charge on any atom is 0.0965 e. The summed E-state index contributed by atoms with van der Waals surface area (Å²) in [5.41, 5.74) is 7.14. The number of rotatable bonds is 17. The first-order valence-electron chi connectivity index (χ1n) is 11.1. The van der Waals surface area contributed by atoms with Crippen LogP contribution in [0, 0.1) is 0 Å². The van der Waals surface area contributed by atoms with E-state index in [0.717, 1.165) is 18.5 Å². The topological polar surface area (TPSA) is 78.5 Å². The number of nitrogen functional groups attached to an aromatic ring is 1. The Morgan fingerprint density at radius 3 is 1.78 bits per heavy atom. The number of hydrogen-bond acceptors (Lipinski definition) is 4. The molecule has 0 aliphatic heterocycles. The van der Waals surface area contributed by atoms with Crippen LogP contribution < -0.4 is 11.1 Å². The molecule has 27 heavy (non-hydrogen) atoms. The Kier molecular flexibility index (Phi) is 14.1. The first kappa shape index (κ1) is 23.9. The zero-order valence-electron chi connectivity index (χ0n) is 17.3. The van der Waals surface area contributed by atoms with Crippen LogP contribution in [0.4, 0.5) is 5.69 Å². The minimum Gasteiger partial charge on any atom is -0.399 e. The molecule has 156 valence electrons. The Morgan fingerprint density at radius 1 is 0.815 bits per heavy atom. The first-order chi connectivity index (χ1) is 13.2. The molecule has 1 aromatic carbocycles. The van der Waals surface area contributed by atoms with E-state index in [1.807, 2.05) is 12.1 Å². The highest BCUT2D eigenvalue weighted by atomic mass is 16.3. The Bertz CT molecular complexity index is 450. The van der Waals surface area contributed by atoms with E-state index in [1.54, 1.807) is 12.1 Å². The number of nitrogens with two attached hydrogens (primary N) is 1. The Balaban J connectivity index is 2.00. The molecule has 0 saturated carbocycles.